The molecule has 0 aromatic rings. The van der Waals surface area contributed by atoms with E-state index in [-0.39, 0.29) is 5.84 Å². The van der Waals surface area contributed by atoms with Crippen molar-refractivity contribution in [3.63, 3.8) is 0 Å². The molecule has 0 aliphatic carbocycles. The Morgan fingerprint density at radius 1 is 1.67 bits per heavy atom. The van der Waals surface area contributed by atoms with Gasteiger partial charge in [-0.05, 0) is 13.8 Å². The number of esters is 1. The molecule has 0 unspecified atom stereocenters. The van der Waals surface area contributed by atoms with E-state index in [9.17, 15) is 4.79 Å². The first-order valence-electron chi connectivity index (χ1n) is 3.73. The van der Waals surface area contributed by atoms with Crippen molar-refractivity contribution in [1.29, 1.82) is 0 Å². The molecule has 0 heterocycles. The number of aliphatic imine (C=N–C) groups is 1. The first-order chi connectivity index (χ1) is 5.67. The molecule has 0 aliphatic rings. The number of amidine groups is 1. The Kier molecular flexibility index (Phi) is 4.76. The zero-order chi connectivity index (χ0) is 9.56. The fraction of sp³-hybridized carbons (Fsp3) is 0.500. The lowest BCUT2D eigenvalue weighted by atomic mass is 10.2. The van der Waals surface area contributed by atoms with E-state index in [4.69, 9.17) is 10.5 Å². The molecule has 0 aromatic carbocycles. The second-order valence-electron chi connectivity index (χ2n) is 2.03. The lowest BCUT2D eigenvalue weighted by Gasteiger charge is -2.04. The van der Waals surface area contributed by atoms with Gasteiger partial charge in [0.1, 0.15) is 5.84 Å². The van der Waals surface area contributed by atoms with E-state index in [1.54, 1.807) is 19.9 Å². The molecular formula is C8H14N2O2. The molecule has 0 bridgehead atoms. The number of carbonyl (C=O) groups is 1. The van der Waals surface area contributed by atoms with Crippen LogP contribution in [0.2, 0.25) is 0 Å². The van der Waals surface area contributed by atoms with Crippen LogP contribution in [0.1, 0.15) is 13.8 Å². The van der Waals surface area contributed by atoms with Gasteiger partial charge >= 0.3 is 5.97 Å². The summed E-state index contributed by atoms with van der Waals surface area (Å²) in [5.41, 5.74) is 5.76. The van der Waals surface area contributed by atoms with Crippen molar-refractivity contribution in [3.05, 3.63) is 11.6 Å². The van der Waals surface area contributed by atoms with E-state index >= 15 is 0 Å². The van der Waals surface area contributed by atoms with Crippen molar-refractivity contribution in [2.75, 3.05) is 13.7 Å². The molecule has 0 atom stereocenters. The molecular weight excluding hydrogens is 156 g/mol. The largest absolute Gasteiger partial charge is 0.462 e. The smallest absolute Gasteiger partial charge is 0.341 e. The minimum atomic E-state index is -0.428. The number of hydrogen-bond donors (Lipinski definition) is 1. The summed E-state index contributed by atoms with van der Waals surface area (Å²) in [6, 6.07) is 0. The average molecular weight is 170 g/mol. The molecule has 4 nitrogen and oxygen atoms in total. The van der Waals surface area contributed by atoms with Gasteiger partial charge < -0.3 is 10.5 Å². The fourth-order valence-corrected chi connectivity index (χ4v) is 0.700. The summed E-state index contributed by atoms with van der Waals surface area (Å²) in [5, 5.41) is 0. The molecule has 0 aromatic heterocycles. The highest BCUT2D eigenvalue weighted by molar-refractivity contribution is 6.18. The zero-order valence-electron chi connectivity index (χ0n) is 7.63. The predicted octanol–water partition coefficient (Wildman–Crippen LogP) is 0.483. The van der Waals surface area contributed by atoms with Crippen molar-refractivity contribution < 1.29 is 9.53 Å². The van der Waals surface area contributed by atoms with Gasteiger partial charge in [0.15, 0.2) is 0 Å². The van der Waals surface area contributed by atoms with Crippen LogP contribution in [0.4, 0.5) is 0 Å². The molecule has 0 fully saturated rings. The van der Waals surface area contributed by atoms with Crippen molar-refractivity contribution in [1.82, 2.24) is 0 Å². The summed E-state index contributed by atoms with van der Waals surface area (Å²) in [6.45, 7) is 3.79. The van der Waals surface area contributed by atoms with Crippen LogP contribution in [0.15, 0.2) is 16.6 Å². The van der Waals surface area contributed by atoms with Gasteiger partial charge in [0.2, 0.25) is 0 Å². The summed E-state index contributed by atoms with van der Waals surface area (Å²) < 4.78 is 4.75. The van der Waals surface area contributed by atoms with E-state index in [0.717, 1.165) is 0 Å². The quantitative estimate of drug-likeness (QED) is 0.290. The maximum absolute atomic E-state index is 11.1. The Bertz CT molecular complexity index is 219. The van der Waals surface area contributed by atoms with Crippen LogP contribution < -0.4 is 5.73 Å². The van der Waals surface area contributed by atoms with Crippen molar-refractivity contribution in [2.24, 2.45) is 10.7 Å². The van der Waals surface area contributed by atoms with Crippen LogP contribution in [0.3, 0.4) is 0 Å². The maximum Gasteiger partial charge on any atom is 0.341 e. The highest BCUT2D eigenvalue weighted by Gasteiger charge is 2.12. The lowest BCUT2D eigenvalue weighted by molar-refractivity contribution is -0.137. The molecule has 0 spiro atoms. The third-order valence-electron chi connectivity index (χ3n) is 1.30. The summed E-state index contributed by atoms with van der Waals surface area (Å²) in [4.78, 5) is 14.8. The fourth-order valence-electron chi connectivity index (χ4n) is 0.700. The molecule has 4 heteroatoms. The van der Waals surface area contributed by atoms with Crippen molar-refractivity contribution >= 4 is 11.8 Å². The first-order valence-corrected chi connectivity index (χ1v) is 3.73. The predicted molar refractivity (Wildman–Crippen MR) is 47.9 cm³/mol. The molecule has 0 amide bonds. The second-order valence-corrected chi connectivity index (χ2v) is 2.03. The zero-order valence-corrected chi connectivity index (χ0v) is 7.63. The number of rotatable bonds is 3. The Morgan fingerprint density at radius 3 is 2.58 bits per heavy atom. The molecule has 0 saturated heterocycles. The molecule has 0 rings (SSSR count). The van der Waals surface area contributed by atoms with Gasteiger partial charge in [0, 0.05) is 7.05 Å². The SMILES string of the molecule is C/C=C(C(=O)OCC)\C(N)=N/C. The number of ether oxygens (including phenoxy) is 1. The third-order valence-corrected chi connectivity index (χ3v) is 1.30. The minimum Gasteiger partial charge on any atom is -0.462 e. The first kappa shape index (κ1) is 10.7. The minimum absolute atomic E-state index is 0.205. The van der Waals surface area contributed by atoms with Gasteiger partial charge in [0.25, 0.3) is 0 Å². The number of nitrogens with zero attached hydrogens (tertiary/aromatic N) is 1. The van der Waals surface area contributed by atoms with Crippen LogP contribution in [-0.4, -0.2) is 25.5 Å². The van der Waals surface area contributed by atoms with Gasteiger partial charge in [-0.1, -0.05) is 6.08 Å². The molecule has 0 saturated carbocycles. The summed E-state index contributed by atoms with van der Waals surface area (Å²) >= 11 is 0. The third kappa shape index (κ3) is 2.74. The van der Waals surface area contributed by atoms with Gasteiger partial charge in [-0.2, -0.15) is 0 Å². The lowest BCUT2D eigenvalue weighted by Crippen LogP contribution is -2.22. The number of carbonyl (C=O) groups excluding carboxylic acids is 1. The Morgan fingerprint density at radius 2 is 2.25 bits per heavy atom. The van der Waals surface area contributed by atoms with Crippen LogP contribution in [0, 0.1) is 0 Å². The number of nitrogens with two attached hydrogens (primary N) is 1. The van der Waals surface area contributed by atoms with E-state index < -0.39 is 5.97 Å². The van der Waals surface area contributed by atoms with Crippen LogP contribution in [0.25, 0.3) is 0 Å². The molecule has 12 heavy (non-hydrogen) atoms. The van der Waals surface area contributed by atoms with E-state index in [0.29, 0.717) is 12.2 Å². The summed E-state index contributed by atoms with van der Waals surface area (Å²) in [6.07, 6.45) is 1.58. The number of hydrogen-bond acceptors (Lipinski definition) is 3. The van der Waals surface area contributed by atoms with E-state index in [1.807, 2.05) is 0 Å². The topological polar surface area (TPSA) is 64.7 Å². The summed E-state index contributed by atoms with van der Waals surface area (Å²) in [7, 11) is 1.53. The molecule has 68 valence electrons. The average Bonchev–Trinajstić information content (AvgIpc) is 2.06. The maximum atomic E-state index is 11.1. The highest BCUT2D eigenvalue weighted by atomic mass is 16.5. The van der Waals surface area contributed by atoms with Crippen LogP contribution in [-0.2, 0) is 9.53 Å². The van der Waals surface area contributed by atoms with Gasteiger partial charge in [-0.15, -0.1) is 0 Å². The van der Waals surface area contributed by atoms with Gasteiger partial charge in [-0.25, -0.2) is 4.79 Å². The van der Waals surface area contributed by atoms with Crippen molar-refractivity contribution in [2.45, 2.75) is 13.8 Å². The Balaban J connectivity index is 4.48. The van der Waals surface area contributed by atoms with Crippen LogP contribution in [0.5, 0.6) is 0 Å². The Labute approximate surface area is 72.1 Å². The van der Waals surface area contributed by atoms with Crippen molar-refractivity contribution in [3.8, 4) is 0 Å². The summed E-state index contributed by atoms with van der Waals surface area (Å²) in [5.74, 6) is -0.223. The molecule has 2 N–H and O–H groups in total. The van der Waals surface area contributed by atoms with Crippen LogP contribution >= 0.6 is 0 Å². The Hall–Kier alpha value is -1.32. The standard InChI is InChI=1S/C8H14N2O2/c1-4-6(7(9)10-3)8(11)12-5-2/h4H,5H2,1-3H3,(H2,9,10)/b6-4+. The van der Waals surface area contributed by atoms with Gasteiger partial charge in [-0.3, -0.25) is 4.99 Å². The van der Waals surface area contributed by atoms with E-state index in [1.165, 1.54) is 7.05 Å². The second kappa shape index (κ2) is 5.35. The number of allylic oxidation sites excluding steroid dienone is 1. The molecule has 0 radical (unpaired) electrons. The molecule has 0 aliphatic heterocycles. The van der Waals surface area contributed by atoms with E-state index in [2.05, 4.69) is 4.99 Å². The van der Waals surface area contributed by atoms with Gasteiger partial charge in [0.05, 0.1) is 12.2 Å². The monoisotopic (exact) mass is 170 g/mol. The normalized spacial score (nSPS) is 12.9. The highest BCUT2D eigenvalue weighted by Crippen LogP contribution is 1.97.